The van der Waals surface area contributed by atoms with Crippen LogP contribution in [0.1, 0.15) is 5.56 Å². The summed E-state index contributed by atoms with van der Waals surface area (Å²) in [6.45, 7) is 3.08. The van der Waals surface area contributed by atoms with E-state index >= 15 is 0 Å². The van der Waals surface area contributed by atoms with E-state index in [0.29, 0.717) is 16.3 Å². The fraction of sp³-hybridized carbons (Fsp3) is 0.130. The summed E-state index contributed by atoms with van der Waals surface area (Å²) in [5.41, 5.74) is 2.82. The lowest BCUT2D eigenvalue weighted by Gasteiger charge is -2.06. The zero-order valence-corrected chi connectivity index (χ0v) is 17.8. The average molecular weight is 453 g/mol. The Labute approximate surface area is 189 Å². The highest BCUT2D eigenvalue weighted by Crippen LogP contribution is 2.26. The van der Waals surface area contributed by atoms with Crippen molar-refractivity contribution in [3.63, 3.8) is 0 Å². The number of rotatable bonds is 8. The first kappa shape index (κ1) is 22.8. The Hall–Kier alpha value is -3.91. The van der Waals surface area contributed by atoms with Crippen LogP contribution in [-0.2, 0) is 20.7 Å². The van der Waals surface area contributed by atoms with E-state index in [2.05, 4.69) is 22.3 Å². The summed E-state index contributed by atoms with van der Waals surface area (Å²) in [7, 11) is 0. The van der Waals surface area contributed by atoms with Crippen LogP contribution in [0.3, 0.4) is 0 Å². The molecule has 0 bridgehead atoms. The van der Waals surface area contributed by atoms with Crippen LogP contribution < -0.4 is 10.6 Å². The molecule has 1 heterocycles. The van der Waals surface area contributed by atoms with Gasteiger partial charge in [-0.15, -0.1) is 6.58 Å². The molecule has 3 amide bonds. The van der Waals surface area contributed by atoms with E-state index in [4.69, 9.17) is 16.3 Å². The molecular weight excluding hydrogens is 432 g/mol. The molecule has 0 unspecified atom stereocenters. The third-order valence-corrected chi connectivity index (χ3v) is 4.54. The van der Waals surface area contributed by atoms with Crippen LogP contribution in [0.25, 0.3) is 16.9 Å². The minimum atomic E-state index is -0.738. The number of hydrogen-bond acceptors (Lipinski definition) is 5. The lowest BCUT2D eigenvalue weighted by atomic mass is 10.1. The third kappa shape index (κ3) is 6.29. The van der Waals surface area contributed by atoms with Crippen molar-refractivity contribution in [3.05, 3.63) is 84.0 Å². The van der Waals surface area contributed by atoms with Crippen LogP contribution in [0.2, 0.25) is 5.02 Å². The van der Waals surface area contributed by atoms with Gasteiger partial charge in [0.05, 0.1) is 17.8 Å². The van der Waals surface area contributed by atoms with Crippen molar-refractivity contribution >= 4 is 29.5 Å². The van der Waals surface area contributed by atoms with Crippen molar-refractivity contribution in [2.45, 2.75) is 6.42 Å². The molecule has 0 aliphatic heterocycles. The Morgan fingerprint density at radius 1 is 1.09 bits per heavy atom. The van der Waals surface area contributed by atoms with Gasteiger partial charge in [0, 0.05) is 28.9 Å². The minimum absolute atomic E-state index is 0.110. The molecule has 0 atom stereocenters. The van der Waals surface area contributed by atoms with E-state index in [1.54, 1.807) is 23.0 Å². The summed E-state index contributed by atoms with van der Waals surface area (Å²) in [6.07, 6.45) is 3.10. The lowest BCUT2D eigenvalue weighted by Crippen LogP contribution is -2.41. The second kappa shape index (κ2) is 10.9. The van der Waals surface area contributed by atoms with Crippen molar-refractivity contribution in [1.82, 2.24) is 20.4 Å². The second-order valence-corrected chi connectivity index (χ2v) is 7.11. The zero-order valence-electron chi connectivity index (χ0n) is 17.1. The predicted molar refractivity (Wildman–Crippen MR) is 120 cm³/mol. The number of hydrogen-bond donors (Lipinski definition) is 2. The van der Waals surface area contributed by atoms with E-state index in [1.807, 2.05) is 42.5 Å². The average Bonchev–Trinajstić information content (AvgIpc) is 3.21. The van der Waals surface area contributed by atoms with Crippen LogP contribution in [0.4, 0.5) is 4.79 Å². The van der Waals surface area contributed by atoms with Gasteiger partial charge in [0.15, 0.2) is 6.61 Å². The predicted octanol–water partition coefficient (Wildman–Crippen LogP) is 3.29. The summed E-state index contributed by atoms with van der Waals surface area (Å²) in [5.74, 6) is -1.37. The van der Waals surface area contributed by atoms with Gasteiger partial charge in [0.1, 0.15) is 0 Å². The highest BCUT2D eigenvalue weighted by Gasteiger charge is 2.17. The Morgan fingerprint density at radius 2 is 1.81 bits per heavy atom. The van der Waals surface area contributed by atoms with Gasteiger partial charge in [-0.3, -0.25) is 14.9 Å². The van der Waals surface area contributed by atoms with Crippen molar-refractivity contribution in [2.75, 3.05) is 13.2 Å². The van der Waals surface area contributed by atoms with Crippen molar-refractivity contribution in [2.24, 2.45) is 0 Å². The normalized spacial score (nSPS) is 10.3. The van der Waals surface area contributed by atoms with Crippen LogP contribution in [0, 0.1) is 0 Å². The van der Waals surface area contributed by atoms with Crippen molar-refractivity contribution < 1.29 is 19.1 Å². The molecule has 0 saturated heterocycles. The minimum Gasteiger partial charge on any atom is -0.455 e. The molecule has 0 aliphatic rings. The van der Waals surface area contributed by atoms with Crippen LogP contribution in [-0.4, -0.2) is 40.8 Å². The number of imide groups is 1. The molecule has 164 valence electrons. The standard InChI is InChI=1S/C23H21ClN4O4/c1-2-12-25-23(31)26-20(29)15-32-21(30)13-17-14-28(19-6-4-3-5-7-19)27-22(17)16-8-10-18(24)11-9-16/h2-11,14H,1,12-13,15H2,(H2,25,26,29,31). The molecule has 2 N–H and O–H groups in total. The number of aromatic nitrogens is 2. The van der Waals surface area contributed by atoms with Gasteiger partial charge in [-0.25, -0.2) is 9.48 Å². The number of carbonyl (C=O) groups excluding carboxylic acids is 3. The van der Waals surface area contributed by atoms with Gasteiger partial charge in [0.2, 0.25) is 0 Å². The summed E-state index contributed by atoms with van der Waals surface area (Å²) in [5, 5.41) is 9.65. The molecule has 8 nitrogen and oxygen atoms in total. The van der Waals surface area contributed by atoms with Gasteiger partial charge in [0.25, 0.3) is 5.91 Å². The van der Waals surface area contributed by atoms with E-state index in [1.165, 1.54) is 6.08 Å². The molecule has 0 fully saturated rings. The van der Waals surface area contributed by atoms with Crippen LogP contribution >= 0.6 is 11.6 Å². The molecule has 0 spiro atoms. The van der Waals surface area contributed by atoms with Crippen LogP contribution in [0.5, 0.6) is 0 Å². The molecule has 0 aliphatic carbocycles. The maximum Gasteiger partial charge on any atom is 0.321 e. The summed E-state index contributed by atoms with van der Waals surface area (Å²) in [6, 6.07) is 15.9. The molecular formula is C23H21ClN4O4. The van der Waals surface area contributed by atoms with Crippen molar-refractivity contribution in [3.8, 4) is 16.9 Å². The number of halogens is 1. The van der Waals surface area contributed by atoms with Crippen LogP contribution in [0.15, 0.2) is 73.4 Å². The van der Waals surface area contributed by atoms with Gasteiger partial charge < -0.3 is 10.1 Å². The number of amides is 3. The highest BCUT2D eigenvalue weighted by molar-refractivity contribution is 6.30. The van der Waals surface area contributed by atoms with Crippen molar-refractivity contribution in [1.29, 1.82) is 0 Å². The van der Waals surface area contributed by atoms with E-state index in [9.17, 15) is 14.4 Å². The monoisotopic (exact) mass is 452 g/mol. The molecule has 0 radical (unpaired) electrons. The molecule has 32 heavy (non-hydrogen) atoms. The number of urea groups is 1. The summed E-state index contributed by atoms with van der Waals surface area (Å²) < 4.78 is 6.70. The second-order valence-electron chi connectivity index (χ2n) is 6.67. The number of esters is 1. The zero-order chi connectivity index (χ0) is 22.9. The summed E-state index contributed by atoms with van der Waals surface area (Å²) >= 11 is 5.99. The molecule has 9 heteroatoms. The lowest BCUT2D eigenvalue weighted by molar-refractivity contribution is -0.147. The SMILES string of the molecule is C=CCNC(=O)NC(=O)COC(=O)Cc1cn(-c2ccccc2)nc1-c1ccc(Cl)cc1. The first-order chi connectivity index (χ1) is 15.5. The largest absolute Gasteiger partial charge is 0.455 e. The van der Waals surface area contributed by atoms with Gasteiger partial charge in [-0.1, -0.05) is 48.0 Å². The number of ether oxygens (including phenoxy) is 1. The maximum atomic E-state index is 12.4. The number of nitrogens with one attached hydrogen (secondary N) is 2. The Balaban J connectivity index is 1.71. The van der Waals surface area contributed by atoms with Gasteiger partial charge >= 0.3 is 12.0 Å². The van der Waals surface area contributed by atoms with Gasteiger partial charge in [-0.2, -0.15) is 5.10 Å². The quantitative estimate of drug-likeness (QED) is 0.403. The molecule has 1 aromatic heterocycles. The van der Waals surface area contributed by atoms with E-state index < -0.39 is 24.5 Å². The first-order valence-electron chi connectivity index (χ1n) is 9.70. The molecule has 3 aromatic rings. The fourth-order valence-corrected chi connectivity index (χ4v) is 2.95. The topological polar surface area (TPSA) is 102 Å². The Bertz CT molecular complexity index is 1110. The number of carbonyl (C=O) groups is 3. The maximum absolute atomic E-state index is 12.4. The highest BCUT2D eigenvalue weighted by atomic mass is 35.5. The Morgan fingerprint density at radius 3 is 2.50 bits per heavy atom. The smallest absolute Gasteiger partial charge is 0.321 e. The van der Waals surface area contributed by atoms with Gasteiger partial charge in [-0.05, 0) is 24.3 Å². The number of nitrogens with zero attached hydrogens (tertiary/aromatic N) is 2. The molecule has 2 aromatic carbocycles. The summed E-state index contributed by atoms with van der Waals surface area (Å²) in [4.78, 5) is 35.6. The third-order valence-electron chi connectivity index (χ3n) is 4.29. The fourth-order valence-electron chi connectivity index (χ4n) is 2.83. The molecule has 3 rings (SSSR count). The first-order valence-corrected chi connectivity index (χ1v) is 10.1. The van der Waals surface area contributed by atoms with E-state index in [-0.39, 0.29) is 13.0 Å². The van der Waals surface area contributed by atoms with E-state index in [0.717, 1.165) is 11.3 Å². The number of benzene rings is 2. The number of para-hydroxylation sites is 1. The Kier molecular flexibility index (Phi) is 7.77. The molecule has 0 saturated carbocycles.